The van der Waals surface area contributed by atoms with Crippen molar-refractivity contribution in [1.29, 1.82) is 0 Å². The van der Waals surface area contributed by atoms with E-state index in [1.54, 1.807) is 18.0 Å². The van der Waals surface area contributed by atoms with Crippen molar-refractivity contribution >= 4 is 40.7 Å². The summed E-state index contributed by atoms with van der Waals surface area (Å²) in [5, 5.41) is 12.7. The number of carboxylic acid groups (broad SMARTS) is 1. The van der Waals surface area contributed by atoms with Crippen molar-refractivity contribution in [2.75, 3.05) is 5.75 Å². The third-order valence-electron chi connectivity index (χ3n) is 2.06. The lowest BCUT2D eigenvalue weighted by molar-refractivity contribution is -0.139. The number of nitrogens with zero attached hydrogens (tertiary/aromatic N) is 1. The van der Waals surface area contributed by atoms with Crippen molar-refractivity contribution in [3.8, 4) is 0 Å². The Balaban J connectivity index is 2.07. The van der Waals surface area contributed by atoms with E-state index in [9.17, 15) is 4.79 Å². The number of carbonyl (C=O) groups is 1. The Morgan fingerprint density at radius 1 is 1.73 bits per heavy atom. The molecule has 0 aliphatic carbocycles. The lowest BCUT2D eigenvalue weighted by Gasteiger charge is -2.26. The Hall–Kier alpha value is -0.300. The maximum Gasteiger partial charge on any atom is 0.320 e. The number of rotatable bonds is 2. The molecule has 2 unspecified atom stereocenters. The van der Waals surface area contributed by atoms with Gasteiger partial charge in [-0.3, -0.25) is 10.1 Å². The molecule has 0 bridgehead atoms. The van der Waals surface area contributed by atoms with E-state index >= 15 is 0 Å². The van der Waals surface area contributed by atoms with Gasteiger partial charge in [-0.25, -0.2) is 4.98 Å². The van der Waals surface area contributed by atoms with Crippen molar-refractivity contribution < 1.29 is 9.90 Å². The summed E-state index contributed by atoms with van der Waals surface area (Å²) in [4.78, 5) is 15.0. The van der Waals surface area contributed by atoms with Gasteiger partial charge in [-0.2, -0.15) is 0 Å². The molecule has 1 fully saturated rings. The number of thiazole rings is 1. The van der Waals surface area contributed by atoms with Gasteiger partial charge in [0.2, 0.25) is 0 Å². The summed E-state index contributed by atoms with van der Waals surface area (Å²) in [7, 11) is 0. The Morgan fingerprint density at radius 2 is 2.53 bits per heavy atom. The molecule has 1 aromatic heterocycles. The van der Waals surface area contributed by atoms with Gasteiger partial charge in [0.1, 0.15) is 20.8 Å². The van der Waals surface area contributed by atoms with Crippen LogP contribution in [0.1, 0.15) is 16.8 Å². The van der Waals surface area contributed by atoms with Gasteiger partial charge in [-0.05, 0) is 12.2 Å². The summed E-state index contributed by atoms with van der Waals surface area (Å²) in [5.41, 5.74) is 0. The average molecular weight is 265 g/mol. The van der Waals surface area contributed by atoms with Crippen molar-refractivity contribution in [3.05, 3.63) is 15.5 Å². The Labute approximate surface area is 100 Å². The summed E-state index contributed by atoms with van der Waals surface area (Å²) in [6, 6.07) is -0.473. The normalized spacial score (nSPS) is 26.5. The zero-order chi connectivity index (χ0) is 10.8. The molecule has 7 heteroatoms. The first-order chi connectivity index (χ1) is 7.16. The third-order valence-corrected chi connectivity index (χ3v) is 4.55. The first kappa shape index (κ1) is 11.2. The first-order valence-electron chi connectivity index (χ1n) is 4.38. The molecule has 0 saturated carbocycles. The summed E-state index contributed by atoms with van der Waals surface area (Å²) in [6.07, 6.45) is 2.24. The molecule has 2 rings (SSSR count). The molecule has 0 spiro atoms. The molecular weight excluding hydrogens is 256 g/mol. The number of aromatic nitrogens is 1. The van der Waals surface area contributed by atoms with E-state index in [2.05, 4.69) is 10.3 Å². The van der Waals surface area contributed by atoms with Gasteiger partial charge in [0.15, 0.2) is 0 Å². The Morgan fingerprint density at radius 3 is 3.13 bits per heavy atom. The van der Waals surface area contributed by atoms with Gasteiger partial charge in [-0.1, -0.05) is 11.6 Å². The van der Waals surface area contributed by atoms with Crippen LogP contribution in [0.2, 0.25) is 4.34 Å². The number of thioether (sulfide) groups is 1. The van der Waals surface area contributed by atoms with Crippen LogP contribution in [0.5, 0.6) is 0 Å². The largest absolute Gasteiger partial charge is 0.480 e. The van der Waals surface area contributed by atoms with E-state index in [-0.39, 0.29) is 5.37 Å². The second-order valence-corrected chi connectivity index (χ2v) is 6.01. The van der Waals surface area contributed by atoms with E-state index in [1.807, 2.05) is 0 Å². The standard InChI is InChI=1S/C8H9ClN2O2S2/c9-5-3-10-6(15-5)7-11-4(8(12)13)1-2-14-7/h3-4,7,11H,1-2H2,(H,12,13). The molecule has 1 aliphatic heterocycles. The minimum absolute atomic E-state index is 0.0441. The van der Waals surface area contributed by atoms with Crippen molar-refractivity contribution in [2.45, 2.75) is 17.8 Å². The molecule has 15 heavy (non-hydrogen) atoms. The van der Waals surface area contributed by atoms with Crippen LogP contribution in [0.15, 0.2) is 6.20 Å². The van der Waals surface area contributed by atoms with Gasteiger partial charge in [-0.15, -0.1) is 23.1 Å². The molecule has 2 atom stereocenters. The highest BCUT2D eigenvalue weighted by molar-refractivity contribution is 7.99. The third kappa shape index (κ3) is 2.63. The molecular formula is C8H9ClN2O2S2. The van der Waals surface area contributed by atoms with Crippen LogP contribution in [-0.4, -0.2) is 27.9 Å². The molecule has 0 aromatic carbocycles. The zero-order valence-electron chi connectivity index (χ0n) is 7.64. The summed E-state index contributed by atoms with van der Waals surface area (Å²) in [5.74, 6) is 0.0224. The van der Waals surface area contributed by atoms with E-state index in [0.29, 0.717) is 10.8 Å². The molecule has 1 saturated heterocycles. The fraction of sp³-hybridized carbons (Fsp3) is 0.500. The number of hydrogen-bond acceptors (Lipinski definition) is 5. The van der Waals surface area contributed by atoms with Crippen molar-refractivity contribution in [3.63, 3.8) is 0 Å². The Bertz CT molecular complexity index is 371. The summed E-state index contributed by atoms with van der Waals surface area (Å²) in [6.45, 7) is 0. The predicted molar refractivity (Wildman–Crippen MR) is 61.5 cm³/mol. The molecule has 2 N–H and O–H groups in total. The molecule has 4 nitrogen and oxygen atoms in total. The average Bonchev–Trinajstić information content (AvgIpc) is 2.65. The van der Waals surface area contributed by atoms with Crippen LogP contribution in [-0.2, 0) is 4.79 Å². The van der Waals surface area contributed by atoms with Gasteiger partial charge in [0, 0.05) is 0 Å². The molecule has 82 valence electrons. The van der Waals surface area contributed by atoms with E-state index < -0.39 is 12.0 Å². The second-order valence-electron chi connectivity index (χ2n) is 3.10. The van der Waals surface area contributed by atoms with Crippen LogP contribution >= 0.6 is 34.7 Å². The number of hydrogen-bond donors (Lipinski definition) is 2. The molecule has 1 aliphatic rings. The number of aliphatic carboxylic acids is 1. The molecule has 2 heterocycles. The van der Waals surface area contributed by atoms with E-state index in [1.165, 1.54) is 11.3 Å². The van der Waals surface area contributed by atoms with Crippen LogP contribution in [0, 0.1) is 0 Å². The SMILES string of the molecule is O=C(O)C1CCSC(c2ncc(Cl)s2)N1. The highest BCUT2D eigenvalue weighted by Crippen LogP contribution is 2.35. The first-order valence-corrected chi connectivity index (χ1v) is 6.63. The van der Waals surface area contributed by atoms with Gasteiger partial charge < -0.3 is 5.11 Å². The van der Waals surface area contributed by atoms with Crippen LogP contribution in [0.25, 0.3) is 0 Å². The number of nitrogens with one attached hydrogen (secondary N) is 1. The fourth-order valence-corrected chi connectivity index (χ4v) is 3.63. The van der Waals surface area contributed by atoms with Crippen LogP contribution in [0.4, 0.5) is 0 Å². The quantitative estimate of drug-likeness (QED) is 0.855. The Kier molecular flexibility index (Phi) is 3.50. The smallest absolute Gasteiger partial charge is 0.320 e. The fourth-order valence-electron chi connectivity index (χ4n) is 1.34. The van der Waals surface area contributed by atoms with Crippen LogP contribution in [0.3, 0.4) is 0 Å². The van der Waals surface area contributed by atoms with Gasteiger partial charge in [0.25, 0.3) is 0 Å². The van der Waals surface area contributed by atoms with E-state index in [4.69, 9.17) is 16.7 Å². The topological polar surface area (TPSA) is 62.2 Å². The summed E-state index contributed by atoms with van der Waals surface area (Å²) < 4.78 is 0.629. The maximum absolute atomic E-state index is 10.8. The van der Waals surface area contributed by atoms with Crippen LogP contribution < -0.4 is 5.32 Å². The van der Waals surface area contributed by atoms with Crippen molar-refractivity contribution in [2.24, 2.45) is 0 Å². The lowest BCUT2D eigenvalue weighted by atomic mass is 10.2. The van der Waals surface area contributed by atoms with Crippen molar-refractivity contribution in [1.82, 2.24) is 10.3 Å². The monoisotopic (exact) mass is 264 g/mol. The molecule has 1 aromatic rings. The minimum Gasteiger partial charge on any atom is -0.480 e. The molecule has 0 amide bonds. The van der Waals surface area contributed by atoms with Gasteiger partial charge >= 0.3 is 5.97 Å². The lowest BCUT2D eigenvalue weighted by Crippen LogP contribution is -2.41. The van der Waals surface area contributed by atoms with Gasteiger partial charge in [0.05, 0.1) is 6.20 Å². The summed E-state index contributed by atoms with van der Waals surface area (Å²) >= 11 is 8.83. The number of carboxylic acids is 1. The zero-order valence-corrected chi connectivity index (χ0v) is 10.0. The van der Waals surface area contributed by atoms with E-state index in [0.717, 1.165) is 10.8 Å². The minimum atomic E-state index is -0.803. The number of halogens is 1. The highest BCUT2D eigenvalue weighted by atomic mass is 35.5. The predicted octanol–water partition coefficient (Wildman–Crippen LogP) is 1.97. The highest BCUT2D eigenvalue weighted by Gasteiger charge is 2.28. The second kappa shape index (κ2) is 4.69. The molecule has 0 radical (unpaired) electrons. The maximum atomic E-state index is 10.8.